The molecule has 0 atom stereocenters. The molecule has 6 heteroatoms. The molecule has 0 aromatic heterocycles. The Labute approximate surface area is 164 Å². The average molecular weight is 382 g/mol. The van der Waals surface area contributed by atoms with Gasteiger partial charge in [-0.15, -0.1) is 0 Å². The summed E-state index contributed by atoms with van der Waals surface area (Å²) in [6, 6.07) is 8.85. The average Bonchev–Trinajstić information content (AvgIpc) is 2.88. The number of anilines is 2. The maximum absolute atomic E-state index is 13.3. The molecule has 0 spiro atoms. The second kappa shape index (κ2) is 7.64. The maximum atomic E-state index is 13.3. The van der Waals surface area contributed by atoms with Gasteiger partial charge in [-0.3, -0.25) is 9.59 Å². The highest BCUT2D eigenvalue weighted by molar-refractivity contribution is 6.35. The van der Waals surface area contributed by atoms with Gasteiger partial charge < -0.3 is 15.6 Å². The van der Waals surface area contributed by atoms with E-state index in [1.807, 2.05) is 45.9 Å². The molecular weight excluding hydrogens is 356 g/mol. The van der Waals surface area contributed by atoms with Crippen molar-refractivity contribution < 1.29 is 19.4 Å². The number of hydrogen-bond donors (Lipinski definition) is 2. The minimum atomic E-state index is -0.385. The SMILES string of the molecule is CC(C)c1cccc(C(C)C)c1N1C(=O)c2cc(N)c(OCCO)cc2C1=O. The van der Waals surface area contributed by atoms with Crippen molar-refractivity contribution in [2.45, 2.75) is 39.5 Å². The molecule has 2 aromatic carbocycles. The maximum Gasteiger partial charge on any atom is 0.266 e. The van der Waals surface area contributed by atoms with Crippen molar-refractivity contribution in [3.63, 3.8) is 0 Å². The Kier molecular flexibility index (Phi) is 5.42. The van der Waals surface area contributed by atoms with Crippen molar-refractivity contribution >= 4 is 23.2 Å². The lowest BCUT2D eigenvalue weighted by Gasteiger charge is -2.25. The van der Waals surface area contributed by atoms with Crippen LogP contribution in [-0.2, 0) is 0 Å². The quantitative estimate of drug-likeness (QED) is 0.587. The van der Waals surface area contributed by atoms with Crippen molar-refractivity contribution in [2.75, 3.05) is 23.8 Å². The minimum absolute atomic E-state index is 0.0581. The first-order valence-electron chi connectivity index (χ1n) is 9.46. The third-order valence-corrected chi connectivity index (χ3v) is 4.93. The standard InChI is InChI=1S/C22H26N2O4/c1-12(2)14-6-5-7-15(13(3)4)20(14)24-21(26)16-10-18(23)19(28-9-8-25)11-17(16)22(24)27/h5-7,10-13,25H,8-9,23H2,1-4H3. The number of carbonyl (C=O) groups is 2. The van der Waals surface area contributed by atoms with Gasteiger partial charge in [0.15, 0.2) is 0 Å². The zero-order valence-electron chi connectivity index (χ0n) is 16.7. The molecule has 1 aliphatic rings. The monoisotopic (exact) mass is 382 g/mol. The molecule has 28 heavy (non-hydrogen) atoms. The first-order valence-corrected chi connectivity index (χ1v) is 9.46. The largest absolute Gasteiger partial charge is 0.489 e. The number of aliphatic hydroxyl groups excluding tert-OH is 1. The first-order chi connectivity index (χ1) is 13.3. The Bertz CT molecular complexity index is 908. The number of imide groups is 1. The highest BCUT2D eigenvalue weighted by atomic mass is 16.5. The van der Waals surface area contributed by atoms with Gasteiger partial charge in [0.05, 0.1) is 29.1 Å². The van der Waals surface area contributed by atoms with E-state index in [0.717, 1.165) is 11.1 Å². The van der Waals surface area contributed by atoms with E-state index in [2.05, 4.69) is 0 Å². The normalized spacial score (nSPS) is 13.6. The first kappa shape index (κ1) is 19.9. The Morgan fingerprint density at radius 1 is 1.00 bits per heavy atom. The van der Waals surface area contributed by atoms with Crippen molar-refractivity contribution in [1.29, 1.82) is 0 Å². The van der Waals surface area contributed by atoms with Crippen molar-refractivity contribution in [3.05, 3.63) is 52.6 Å². The van der Waals surface area contributed by atoms with Crippen LogP contribution in [0.4, 0.5) is 11.4 Å². The number of benzene rings is 2. The lowest BCUT2D eigenvalue weighted by atomic mass is 9.92. The van der Waals surface area contributed by atoms with Gasteiger partial charge in [-0.2, -0.15) is 0 Å². The molecule has 3 rings (SSSR count). The number of hydrogen-bond acceptors (Lipinski definition) is 5. The lowest BCUT2D eigenvalue weighted by molar-refractivity contribution is 0.0925. The molecule has 3 N–H and O–H groups in total. The van der Waals surface area contributed by atoms with Gasteiger partial charge in [0.2, 0.25) is 0 Å². The number of carbonyl (C=O) groups excluding carboxylic acids is 2. The highest BCUT2D eigenvalue weighted by Crippen LogP contribution is 2.41. The fourth-order valence-corrected chi connectivity index (χ4v) is 3.54. The van der Waals surface area contributed by atoms with Crippen LogP contribution in [0.5, 0.6) is 5.75 Å². The number of amides is 2. The predicted molar refractivity (Wildman–Crippen MR) is 109 cm³/mol. The summed E-state index contributed by atoms with van der Waals surface area (Å²) < 4.78 is 5.40. The van der Waals surface area contributed by atoms with E-state index in [4.69, 9.17) is 15.6 Å². The lowest BCUT2D eigenvalue weighted by Crippen LogP contribution is -2.31. The Hall–Kier alpha value is -2.86. The molecule has 1 heterocycles. The van der Waals surface area contributed by atoms with E-state index in [1.165, 1.54) is 17.0 Å². The highest BCUT2D eigenvalue weighted by Gasteiger charge is 2.40. The summed E-state index contributed by atoms with van der Waals surface area (Å²) in [5.41, 5.74) is 9.35. The molecule has 0 bridgehead atoms. The number of nitrogens with two attached hydrogens (primary N) is 1. The smallest absolute Gasteiger partial charge is 0.266 e. The summed E-state index contributed by atoms with van der Waals surface area (Å²) >= 11 is 0. The molecular formula is C22H26N2O4. The molecule has 0 radical (unpaired) electrons. The number of fused-ring (bicyclic) bond motifs is 1. The third-order valence-electron chi connectivity index (χ3n) is 4.93. The van der Waals surface area contributed by atoms with E-state index >= 15 is 0 Å². The third kappa shape index (κ3) is 3.24. The Morgan fingerprint density at radius 3 is 2.04 bits per heavy atom. The van der Waals surface area contributed by atoms with Gasteiger partial charge in [-0.05, 0) is 35.1 Å². The molecule has 0 aliphatic carbocycles. The summed E-state index contributed by atoms with van der Waals surface area (Å²) in [6.45, 7) is 8.05. The van der Waals surface area contributed by atoms with E-state index in [1.54, 1.807) is 0 Å². The zero-order valence-corrected chi connectivity index (χ0v) is 16.7. The number of nitrogen functional groups attached to an aromatic ring is 1. The van der Waals surface area contributed by atoms with E-state index in [9.17, 15) is 9.59 Å². The summed E-state index contributed by atoms with van der Waals surface area (Å²) in [5, 5.41) is 8.97. The predicted octanol–water partition coefficient (Wildman–Crippen LogP) is 3.69. The summed E-state index contributed by atoms with van der Waals surface area (Å²) in [7, 11) is 0. The second-order valence-electron chi connectivity index (χ2n) is 7.55. The second-order valence-corrected chi connectivity index (χ2v) is 7.55. The fraction of sp³-hybridized carbons (Fsp3) is 0.364. The van der Waals surface area contributed by atoms with Gasteiger partial charge in [0.25, 0.3) is 11.8 Å². The summed E-state index contributed by atoms with van der Waals surface area (Å²) in [5.74, 6) is -0.186. The molecule has 148 valence electrons. The number of nitrogens with zero attached hydrogens (tertiary/aromatic N) is 1. The van der Waals surface area contributed by atoms with Crippen LogP contribution in [0.3, 0.4) is 0 Å². The van der Waals surface area contributed by atoms with Crippen LogP contribution in [0.15, 0.2) is 30.3 Å². The van der Waals surface area contributed by atoms with Crippen LogP contribution in [-0.4, -0.2) is 30.1 Å². The topological polar surface area (TPSA) is 92.9 Å². The summed E-state index contributed by atoms with van der Waals surface area (Å²) in [6.07, 6.45) is 0. The van der Waals surface area contributed by atoms with Gasteiger partial charge >= 0.3 is 0 Å². The molecule has 2 amide bonds. The number of para-hydroxylation sites is 1. The van der Waals surface area contributed by atoms with Crippen LogP contribution >= 0.6 is 0 Å². The zero-order chi connectivity index (χ0) is 20.6. The number of ether oxygens (including phenoxy) is 1. The number of rotatable bonds is 6. The molecule has 1 aliphatic heterocycles. The molecule has 0 saturated carbocycles. The van der Waals surface area contributed by atoms with Gasteiger partial charge in [-0.25, -0.2) is 4.90 Å². The molecule has 2 aromatic rings. The van der Waals surface area contributed by atoms with E-state index < -0.39 is 0 Å². The Morgan fingerprint density at radius 2 is 1.54 bits per heavy atom. The fourth-order valence-electron chi connectivity index (χ4n) is 3.54. The van der Waals surface area contributed by atoms with Crippen molar-refractivity contribution in [3.8, 4) is 5.75 Å². The van der Waals surface area contributed by atoms with E-state index in [-0.39, 0.29) is 59.4 Å². The molecule has 0 fully saturated rings. The minimum Gasteiger partial charge on any atom is -0.489 e. The Balaban J connectivity index is 2.15. The van der Waals surface area contributed by atoms with Crippen molar-refractivity contribution in [2.24, 2.45) is 0 Å². The van der Waals surface area contributed by atoms with Crippen LogP contribution < -0.4 is 15.4 Å². The van der Waals surface area contributed by atoms with Gasteiger partial charge in [-0.1, -0.05) is 45.9 Å². The molecule has 0 unspecified atom stereocenters. The van der Waals surface area contributed by atoms with Crippen LogP contribution in [0.25, 0.3) is 0 Å². The molecule has 0 saturated heterocycles. The summed E-state index contributed by atoms with van der Waals surface area (Å²) in [4.78, 5) is 27.7. The van der Waals surface area contributed by atoms with E-state index in [0.29, 0.717) is 5.69 Å². The van der Waals surface area contributed by atoms with Crippen LogP contribution in [0.2, 0.25) is 0 Å². The molecule has 6 nitrogen and oxygen atoms in total. The van der Waals surface area contributed by atoms with Crippen molar-refractivity contribution in [1.82, 2.24) is 0 Å². The number of aliphatic hydroxyl groups is 1. The van der Waals surface area contributed by atoms with Gasteiger partial charge in [0, 0.05) is 0 Å². The van der Waals surface area contributed by atoms with Crippen LogP contribution in [0, 0.1) is 0 Å². The van der Waals surface area contributed by atoms with Crippen LogP contribution in [0.1, 0.15) is 71.4 Å². The van der Waals surface area contributed by atoms with Gasteiger partial charge in [0.1, 0.15) is 12.4 Å².